The SMILES string of the molecule is CCC(CC)(c1ccc(CCC(O)C(C)(C)C)c(C)c1)c1ccc(-c2nc(CC(=O)O)cs2)c(C)c1.CCOC(=O)Cc1csc(-c2ccc(C(CC)(CC)c3ccc(CCC(O)C(C)(C)C)c(C)c3)cc2C)n1.COO.[Na+].[OH-]. The first-order valence-corrected chi connectivity index (χ1v) is 29.3. The van der Waals surface area contributed by atoms with Gasteiger partial charge in [-0.15, -0.1) is 22.7 Å². The summed E-state index contributed by atoms with van der Waals surface area (Å²) < 4.78 is 5.07. The van der Waals surface area contributed by atoms with Gasteiger partial charge in [-0.3, -0.25) is 14.8 Å². The van der Waals surface area contributed by atoms with Gasteiger partial charge in [0.1, 0.15) is 10.0 Å². The number of thiazole rings is 2. The maximum absolute atomic E-state index is 11.9. The molecule has 0 amide bonds. The number of rotatable bonds is 21. The van der Waals surface area contributed by atoms with E-state index in [0.717, 1.165) is 83.8 Å². The predicted octanol–water partition coefficient (Wildman–Crippen LogP) is 12.4. The van der Waals surface area contributed by atoms with Crippen molar-refractivity contribution in [1.29, 1.82) is 0 Å². The van der Waals surface area contributed by atoms with Crippen molar-refractivity contribution in [2.75, 3.05) is 13.7 Å². The second-order valence-electron chi connectivity index (χ2n) is 22.8. The number of carboxylic acids is 1. The van der Waals surface area contributed by atoms with Crippen LogP contribution in [0.4, 0.5) is 0 Å². The first-order chi connectivity index (χ1) is 36.3. The zero-order chi connectivity index (χ0) is 57.5. The summed E-state index contributed by atoms with van der Waals surface area (Å²) in [7, 11) is 1.18. The van der Waals surface area contributed by atoms with Crippen LogP contribution in [-0.2, 0) is 55.7 Å². The van der Waals surface area contributed by atoms with Crippen LogP contribution in [0.5, 0.6) is 0 Å². The molecule has 0 aliphatic rings. The molecule has 2 heterocycles. The number of hydrogen-bond donors (Lipinski definition) is 4. The second kappa shape index (κ2) is 31.9. The maximum Gasteiger partial charge on any atom is 1.00 e. The maximum atomic E-state index is 11.9. The number of hydrogen-bond acceptors (Lipinski definition) is 12. The van der Waals surface area contributed by atoms with Gasteiger partial charge in [-0.2, -0.15) is 0 Å². The van der Waals surface area contributed by atoms with E-state index in [1.54, 1.807) is 11.3 Å². The van der Waals surface area contributed by atoms with Crippen LogP contribution in [0, 0.1) is 38.5 Å². The number of nitrogens with zero attached hydrogens (tertiary/aromatic N) is 2. The first kappa shape index (κ1) is 71.0. The Labute approximate surface area is 503 Å². The van der Waals surface area contributed by atoms with Crippen molar-refractivity contribution >= 4 is 34.6 Å². The van der Waals surface area contributed by atoms with Crippen molar-refractivity contribution in [3.05, 3.63) is 151 Å². The molecule has 0 spiro atoms. The molecular weight excluding hydrogens is 1040 g/mol. The number of carboxylic acid groups (broad SMARTS) is 1. The number of aliphatic hydroxyl groups excluding tert-OH is 2. The summed E-state index contributed by atoms with van der Waals surface area (Å²) in [5.41, 5.74) is 16.0. The number of benzene rings is 4. The van der Waals surface area contributed by atoms with E-state index >= 15 is 0 Å². The Morgan fingerprint density at radius 1 is 0.570 bits per heavy atom. The molecule has 14 heteroatoms. The summed E-state index contributed by atoms with van der Waals surface area (Å²) in [6.45, 7) is 32.4. The number of ether oxygens (including phenoxy) is 1. The molecular formula is C65H91N2NaO9S2. The Kier molecular flexibility index (Phi) is 28.7. The Hall–Kier alpha value is -4.12. The van der Waals surface area contributed by atoms with Gasteiger partial charge < -0.3 is 25.5 Å². The van der Waals surface area contributed by atoms with Gasteiger partial charge in [0.05, 0.1) is 50.2 Å². The Morgan fingerprint density at radius 2 is 0.899 bits per heavy atom. The van der Waals surface area contributed by atoms with E-state index in [-0.39, 0.29) is 87.7 Å². The van der Waals surface area contributed by atoms with E-state index in [1.807, 2.05) is 17.7 Å². The Morgan fingerprint density at radius 3 is 1.19 bits per heavy atom. The van der Waals surface area contributed by atoms with E-state index in [0.29, 0.717) is 12.3 Å². The van der Waals surface area contributed by atoms with E-state index in [2.05, 4.69) is 180 Å². The Balaban J connectivity index is 0.000000503. The molecule has 2 aromatic heterocycles. The van der Waals surface area contributed by atoms with Crippen LogP contribution in [0.15, 0.2) is 83.6 Å². The topological polar surface area (TPSA) is 189 Å². The molecule has 79 heavy (non-hydrogen) atoms. The van der Waals surface area contributed by atoms with Gasteiger partial charge in [0.15, 0.2) is 0 Å². The normalized spacial score (nSPS) is 12.4. The van der Waals surface area contributed by atoms with Gasteiger partial charge in [0.25, 0.3) is 0 Å². The number of aliphatic carboxylic acids is 1. The van der Waals surface area contributed by atoms with E-state index in [4.69, 9.17) is 20.1 Å². The molecule has 428 valence electrons. The van der Waals surface area contributed by atoms with Crippen molar-refractivity contribution in [3.63, 3.8) is 0 Å². The Bertz CT molecular complexity index is 2850. The van der Waals surface area contributed by atoms with Gasteiger partial charge in [-0.1, -0.05) is 142 Å². The number of carbonyl (C=O) groups is 2. The fraction of sp³-hybridized carbons (Fsp3) is 0.508. The predicted molar refractivity (Wildman–Crippen MR) is 320 cm³/mol. The summed E-state index contributed by atoms with van der Waals surface area (Å²) in [4.78, 5) is 35.4. The number of aliphatic hydroxyl groups is 2. The first-order valence-electron chi connectivity index (χ1n) is 27.5. The molecule has 6 rings (SSSR count). The standard InChI is InChI=1S/C33H45NO3S.C31H41NO3S.CH4O2.Na.H2O/c1-9-33(10-2,25-14-12-24(22(4)18-25)13-17-29(35)32(6,7)8)26-15-16-28(23(5)19-26)31-34-27(21-38-31)20-30(36)37-11-3;1-8-31(9-2,23-12-10-22(20(3)16-23)11-15-27(33)30(5,6)7)24-13-14-26(21(4)17-24)29-32-25(19-36-29)18-28(34)35;1-3-2;;/h12,14-16,18-19,21,29,35H,9-11,13,17,20H2,1-8H3;10,12-14,16-17,19,27,33H,8-9,11,15,18H2,1-7H3,(H,34,35);2H,1H3;;1H2/q;;;+1;/p-1. The zero-order valence-electron chi connectivity index (χ0n) is 50.6. The summed E-state index contributed by atoms with van der Waals surface area (Å²) in [5.74, 6) is -1.10. The number of aromatic nitrogens is 2. The molecule has 0 aliphatic heterocycles. The van der Waals surface area contributed by atoms with Crippen LogP contribution < -0.4 is 29.6 Å². The van der Waals surface area contributed by atoms with Gasteiger partial charge in [-0.05, 0) is 152 Å². The minimum atomic E-state index is -0.860. The molecule has 6 aromatic rings. The average Bonchev–Trinajstić information content (AvgIpc) is 4.03. The van der Waals surface area contributed by atoms with Gasteiger partial charge >= 0.3 is 41.5 Å². The molecule has 0 bridgehead atoms. The summed E-state index contributed by atoms with van der Waals surface area (Å²) in [6, 6.07) is 27.2. The van der Waals surface area contributed by atoms with E-state index < -0.39 is 5.97 Å². The summed E-state index contributed by atoms with van der Waals surface area (Å²) in [6.07, 6.45) is 6.82. The quantitative estimate of drug-likeness (QED) is 0.0232. The van der Waals surface area contributed by atoms with Crippen molar-refractivity contribution < 1.29 is 74.8 Å². The van der Waals surface area contributed by atoms with Crippen LogP contribution in [0.2, 0.25) is 0 Å². The van der Waals surface area contributed by atoms with Crippen LogP contribution in [0.1, 0.15) is 182 Å². The molecule has 2 unspecified atom stereocenters. The minimum absolute atomic E-state index is 0. The zero-order valence-corrected chi connectivity index (χ0v) is 54.2. The second-order valence-corrected chi connectivity index (χ2v) is 24.5. The number of carbonyl (C=O) groups excluding carboxylic acids is 1. The molecule has 0 aliphatic carbocycles. The molecule has 5 N–H and O–H groups in total. The summed E-state index contributed by atoms with van der Waals surface area (Å²) >= 11 is 3.07. The van der Waals surface area contributed by atoms with Crippen molar-refractivity contribution in [2.45, 2.75) is 191 Å². The molecule has 2 atom stereocenters. The largest absolute Gasteiger partial charge is 1.00 e. The van der Waals surface area contributed by atoms with Crippen LogP contribution >= 0.6 is 22.7 Å². The van der Waals surface area contributed by atoms with E-state index in [9.17, 15) is 19.8 Å². The summed E-state index contributed by atoms with van der Waals surface area (Å²) in [5, 5.41) is 42.7. The van der Waals surface area contributed by atoms with Gasteiger partial charge in [0, 0.05) is 32.7 Å². The molecule has 0 saturated heterocycles. The smallest absolute Gasteiger partial charge is 0.870 e. The van der Waals surface area contributed by atoms with Gasteiger partial charge in [0.2, 0.25) is 0 Å². The number of esters is 1. The fourth-order valence-corrected chi connectivity index (χ4v) is 12.2. The van der Waals surface area contributed by atoms with Crippen molar-refractivity contribution in [3.8, 4) is 21.1 Å². The third-order valence-electron chi connectivity index (χ3n) is 15.7. The van der Waals surface area contributed by atoms with Crippen LogP contribution in [-0.4, -0.2) is 73.9 Å². The molecule has 4 aromatic carbocycles. The third kappa shape index (κ3) is 18.7. The van der Waals surface area contributed by atoms with Crippen LogP contribution in [0.25, 0.3) is 21.1 Å². The van der Waals surface area contributed by atoms with Crippen molar-refractivity contribution in [1.82, 2.24) is 9.97 Å². The van der Waals surface area contributed by atoms with E-state index in [1.165, 1.54) is 68.5 Å². The number of aryl methyl sites for hydroxylation is 6. The minimum Gasteiger partial charge on any atom is -0.870 e. The molecule has 0 saturated carbocycles. The average molecular weight is 1130 g/mol. The molecule has 11 nitrogen and oxygen atoms in total. The third-order valence-corrected chi connectivity index (χ3v) is 17.5. The van der Waals surface area contributed by atoms with Crippen LogP contribution in [0.3, 0.4) is 0 Å². The van der Waals surface area contributed by atoms with Gasteiger partial charge in [-0.25, -0.2) is 14.9 Å². The monoisotopic (exact) mass is 1130 g/mol. The molecule has 0 fully saturated rings. The fourth-order valence-electron chi connectivity index (χ4n) is 10.4. The van der Waals surface area contributed by atoms with Crippen molar-refractivity contribution in [2.24, 2.45) is 10.8 Å². The molecule has 0 radical (unpaired) electrons.